The van der Waals surface area contributed by atoms with E-state index in [4.69, 9.17) is 4.74 Å². The Hall–Kier alpha value is -1.93. The molecule has 1 N–H and O–H groups in total. The van der Waals surface area contributed by atoms with Gasteiger partial charge in [0.1, 0.15) is 16.2 Å². The van der Waals surface area contributed by atoms with Gasteiger partial charge >= 0.3 is 5.97 Å². The van der Waals surface area contributed by atoms with Crippen molar-refractivity contribution in [3.05, 3.63) is 29.4 Å². The highest BCUT2D eigenvalue weighted by Crippen LogP contribution is 2.34. The first kappa shape index (κ1) is 18.4. The number of carbonyl (C=O) groups excluding carboxylic acids is 2. The average Bonchev–Trinajstić information content (AvgIpc) is 2.85. The highest BCUT2D eigenvalue weighted by Gasteiger charge is 2.18. The molecule has 0 aliphatic heterocycles. The molecule has 0 unspecified atom stereocenters. The lowest BCUT2D eigenvalue weighted by atomic mass is 10.2. The second kappa shape index (κ2) is 8.25. The first-order valence-corrected chi connectivity index (χ1v) is 9.15. The molecular formula is C16H19N3O3S2. The average molecular weight is 365 g/mol. The molecule has 0 saturated heterocycles. The van der Waals surface area contributed by atoms with Gasteiger partial charge in [0, 0.05) is 16.8 Å². The molecule has 8 heteroatoms. The molecule has 1 atom stereocenters. The molecule has 24 heavy (non-hydrogen) atoms. The minimum atomic E-state index is -0.839. The van der Waals surface area contributed by atoms with Gasteiger partial charge in [-0.25, -0.2) is 9.97 Å². The molecule has 0 saturated carbocycles. The number of aryl methyl sites for hydroxylation is 2. The molecule has 0 aromatic carbocycles. The van der Waals surface area contributed by atoms with Crippen LogP contribution in [0, 0.1) is 13.8 Å². The maximum absolute atomic E-state index is 11.9. The van der Waals surface area contributed by atoms with Crippen LogP contribution in [-0.4, -0.2) is 40.2 Å². The Balaban J connectivity index is 1.97. The Morgan fingerprint density at radius 2 is 2.21 bits per heavy atom. The summed E-state index contributed by atoms with van der Waals surface area (Å²) in [4.78, 5) is 34.2. The quantitative estimate of drug-likeness (QED) is 0.352. The van der Waals surface area contributed by atoms with E-state index < -0.39 is 12.1 Å². The molecule has 2 aromatic rings. The van der Waals surface area contributed by atoms with Crippen molar-refractivity contribution >= 4 is 45.2 Å². The maximum Gasteiger partial charge on any atom is 0.317 e. The maximum atomic E-state index is 11.9. The zero-order valence-electron chi connectivity index (χ0n) is 13.8. The van der Waals surface area contributed by atoms with Crippen LogP contribution in [0.5, 0.6) is 0 Å². The zero-order chi connectivity index (χ0) is 17.7. The Labute approximate surface area is 148 Å². The molecule has 6 nitrogen and oxygen atoms in total. The molecule has 2 heterocycles. The van der Waals surface area contributed by atoms with Crippen LogP contribution in [-0.2, 0) is 14.3 Å². The summed E-state index contributed by atoms with van der Waals surface area (Å²) >= 11 is 2.90. The zero-order valence-corrected chi connectivity index (χ0v) is 15.4. The molecule has 0 aliphatic carbocycles. The van der Waals surface area contributed by atoms with E-state index in [1.807, 2.05) is 13.8 Å². The fraction of sp³-hybridized carbons (Fsp3) is 0.375. The van der Waals surface area contributed by atoms with Crippen molar-refractivity contribution in [2.45, 2.75) is 31.9 Å². The topological polar surface area (TPSA) is 81.2 Å². The Bertz CT molecular complexity index is 773. The van der Waals surface area contributed by atoms with Gasteiger partial charge in [0.25, 0.3) is 5.91 Å². The number of thioether (sulfide) groups is 1. The summed E-state index contributed by atoms with van der Waals surface area (Å²) in [7, 11) is 0. The fourth-order valence-electron chi connectivity index (χ4n) is 1.99. The number of nitrogens with one attached hydrogen (secondary N) is 1. The molecule has 128 valence electrons. The molecule has 0 radical (unpaired) electrons. The summed E-state index contributed by atoms with van der Waals surface area (Å²) in [6.45, 7) is 9.44. The summed E-state index contributed by atoms with van der Waals surface area (Å²) < 4.78 is 5.13. The highest BCUT2D eigenvalue weighted by atomic mass is 32.2. The number of fused-ring (bicyclic) bond motifs is 1. The van der Waals surface area contributed by atoms with E-state index in [0.29, 0.717) is 6.54 Å². The van der Waals surface area contributed by atoms with E-state index >= 15 is 0 Å². The lowest BCUT2D eigenvalue weighted by Gasteiger charge is -2.12. The van der Waals surface area contributed by atoms with Gasteiger partial charge < -0.3 is 10.1 Å². The predicted octanol–water partition coefficient (Wildman–Crippen LogP) is 2.63. The van der Waals surface area contributed by atoms with E-state index in [1.54, 1.807) is 17.4 Å². The van der Waals surface area contributed by atoms with Gasteiger partial charge in [-0.15, -0.1) is 17.9 Å². The number of esters is 1. The van der Waals surface area contributed by atoms with E-state index in [1.165, 1.54) is 29.9 Å². The van der Waals surface area contributed by atoms with Crippen molar-refractivity contribution in [3.8, 4) is 0 Å². The number of rotatable bonds is 7. The normalized spacial score (nSPS) is 12.0. The van der Waals surface area contributed by atoms with Gasteiger partial charge in [-0.1, -0.05) is 17.8 Å². The molecule has 1 amide bonds. The standard InChI is InChI=1S/C16H19N3O3S2/c1-5-6-17-14(21)10(3)22-12(20)7-23-15-13-9(2)11(4)24-16(13)19-8-18-15/h5,8,10H,1,6-7H2,2-4H3,(H,17,21)/t10-/m1/s1. The van der Waals surface area contributed by atoms with Crippen molar-refractivity contribution in [2.24, 2.45) is 0 Å². The lowest BCUT2D eigenvalue weighted by molar-refractivity contribution is -0.152. The molecule has 0 fully saturated rings. The summed E-state index contributed by atoms with van der Waals surface area (Å²) in [6, 6.07) is 0. The number of thiophene rings is 1. The number of aromatic nitrogens is 2. The highest BCUT2D eigenvalue weighted by molar-refractivity contribution is 8.00. The van der Waals surface area contributed by atoms with Gasteiger partial charge in [0.05, 0.1) is 5.75 Å². The van der Waals surface area contributed by atoms with Gasteiger partial charge in [-0.05, 0) is 26.3 Å². The van der Waals surface area contributed by atoms with Crippen molar-refractivity contribution in [2.75, 3.05) is 12.3 Å². The smallest absolute Gasteiger partial charge is 0.317 e. The first-order chi connectivity index (χ1) is 11.4. The Morgan fingerprint density at radius 3 is 2.92 bits per heavy atom. The lowest BCUT2D eigenvalue weighted by Crippen LogP contribution is -2.36. The Kier molecular flexibility index (Phi) is 6.33. The molecule has 2 rings (SSSR count). The van der Waals surface area contributed by atoms with Crippen LogP contribution < -0.4 is 5.32 Å². The van der Waals surface area contributed by atoms with Crippen molar-refractivity contribution < 1.29 is 14.3 Å². The third-order valence-electron chi connectivity index (χ3n) is 3.36. The second-order valence-electron chi connectivity index (χ2n) is 5.10. The van der Waals surface area contributed by atoms with Crippen molar-refractivity contribution in [1.29, 1.82) is 0 Å². The summed E-state index contributed by atoms with van der Waals surface area (Å²) in [6.07, 6.45) is 2.22. The predicted molar refractivity (Wildman–Crippen MR) is 96.4 cm³/mol. The first-order valence-electron chi connectivity index (χ1n) is 7.35. The van der Waals surface area contributed by atoms with Crippen LogP contribution in [0.3, 0.4) is 0 Å². The number of hydrogen-bond donors (Lipinski definition) is 1. The number of amides is 1. The van der Waals surface area contributed by atoms with E-state index in [0.717, 1.165) is 20.8 Å². The fourth-order valence-corrected chi connectivity index (χ4v) is 3.89. The van der Waals surface area contributed by atoms with E-state index in [9.17, 15) is 9.59 Å². The van der Waals surface area contributed by atoms with Crippen LogP contribution in [0.15, 0.2) is 24.0 Å². The monoisotopic (exact) mass is 365 g/mol. The molecular weight excluding hydrogens is 346 g/mol. The van der Waals surface area contributed by atoms with Crippen LogP contribution in [0.4, 0.5) is 0 Å². The number of carbonyl (C=O) groups is 2. The van der Waals surface area contributed by atoms with Crippen molar-refractivity contribution in [3.63, 3.8) is 0 Å². The largest absolute Gasteiger partial charge is 0.452 e. The van der Waals surface area contributed by atoms with Gasteiger partial charge in [-0.3, -0.25) is 9.59 Å². The number of ether oxygens (including phenoxy) is 1. The SMILES string of the molecule is C=CCNC(=O)[C@@H](C)OC(=O)CSc1ncnc2sc(C)c(C)c12. The summed E-state index contributed by atoms with van der Waals surface area (Å²) in [5.41, 5.74) is 1.13. The minimum absolute atomic E-state index is 0.0829. The second-order valence-corrected chi connectivity index (χ2v) is 7.26. The van der Waals surface area contributed by atoms with Crippen LogP contribution in [0.1, 0.15) is 17.4 Å². The van der Waals surface area contributed by atoms with Gasteiger partial charge in [0.15, 0.2) is 6.10 Å². The van der Waals surface area contributed by atoms with E-state index in [-0.39, 0.29) is 11.7 Å². The third kappa shape index (κ3) is 4.33. The third-order valence-corrected chi connectivity index (χ3v) is 5.43. The van der Waals surface area contributed by atoms with Crippen LogP contribution >= 0.6 is 23.1 Å². The van der Waals surface area contributed by atoms with E-state index in [2.05, 4.69) is 21.9 Å². The van der Waals surface area contributed by atoms with Crippen LogP contribution in [0.25, 0.3) is 10.2 Å². The molecule has 0 spiro atoms. The summed E-state index contributed by atoms with van der Waals surface area (Å²) in [5.74, 6) is -0.723. The van der Waals surface area contributed by atoms with Gasteiger partial charge in [0.2, 0.25) is 0 Å². The number of hydrogen-bond acceptors (Lipinski definition) is 7. The molecule has 0 aliphatic rings. The minimum Gasteiger partial charge on any atom is -0.452 e. The van der Waals surface area contributed by atoms with Crippen LogP contribution in [0.2, 0.25) is 0 Å². The molecule has 2 aromatic heterocycles. The molecule has 0 bridgehead atoms. The Morgan fingerprint density at radius 1 is 1.46 bits per heavy atom. The van der Waals surface area contributed by atoms with Crippen molar-refractivity contribution in [1.82, 2.24) is 15.3 Å². The number of nitrogens with zero attached hydrogens (tertiary/aromatic N) is 2. The van der Waals surface area contributed by atoms with Gasteiger partial charge in [-0.2, -0.15) is 0 Å². The summed E-state index contributed by atoms with van der Waals surface area (Å²) in [5, 5.41) is 4.32.